The van der Waals surface area contributed by atoms with Crippen molar-refractivity contribution >= 4 is 0 Å². The standard InChI is InChI=1S/C17H27FN2O/c1-12(10-15-6-4-5-9-19-15)20-13(2)14-7-8-17(21-3)16(18)11-14/h7-8,11-13,15,19-20H,4-6,9-10H2,1-3H3. The van der Waals surface area contributed by atoms with Gasteiger partial charge in [0.25, 0.3) is 0 Å². The number of benzene rings is 1. The van der Waals surface area contributed by atoms with Crippen molar-refractivity contribution in [2.45, 2.75) is 57.7 Å². The van der Waals surface area contributed by atoms with E-state index >= 15 is 0 Å². The molecule has 2 N–H and O–H groups in total. The third-order valence-corrected chi connectivity index (χ3v) is 4.26. The summed E-state index contributed by atoms with van der Waals surface area (Å²) >= 11 is 0. The average Bonchev–Trinajstić information content (AvgIpc) is 2.48. The summed E-state index contributed by atoms with van der Waals surface area (Å²) in [5.41, 5.74) is 0.955. The van der Waals surface area contributed by atoms with Gasteiger partial charge in [0.2, 0.25) is 0 Å². The molecule has 118 valence electrons. The van der Waals surface area contributed by atoms with E-state index in [9.17, 15) is 4.39 Å². The highest BCUT2D eigenvalue weighted by Gasteiger charge is 2.18. The summed E-state index contributed by atoms with van der Waals surface area (Å²) in [4.78, 5) is 0. The zero-order valence-electron chi connectivity index (χ0n) is 13.3. The molecule has 0 saturated carbocycles. The lowest BCUT2D eigenvalue weighted by molar-refractivity contribution is 0.333. The van der Waals surface area contributed by atoms with Crippen molar-refractivity contribution in [1.29, 1.82) is 0 Å². The van der Waals surface area contributed by atoms with Gasteiger partial charge in [-0.25, -0.2) is 4.39 Å². The van der Waals surface area contributed by atoms with Crippen LogP contribution in [0.1, 0.15) is 51.1 Å². The molecule has 1 heterocycles. The van der Waals surface area contributed by atoms with Crippen LogP contribution in [0.2, 0.25) is 0 Å². The van der Waals surface area contributed by atoms with Gasteiger partial charge in [-0.1, -0.05) is 12.5 Å². The molecular formula is C17H27FN2O. The van der Waals surface area contributed by atoms with E-state index in [4.69, 9.17) is 4.74 Å². The third kappa shape index (κ3) is 4.68. The summed E-state index contributed by atoms with van der Waals surface area (Å²) in [6, 6.07) is 6.31. The van der Waals surface area contributed by atoms with Gasteiger partial charge in [-0.2, -0.15) is 0 Å². The second-order valence-electron chi connectivity index (χ2n) is 6.07. The fourth-order valence-corrected chi connectivity index (χ4v) is 3.09. The fraction of sp³-hybridized carbons (Fsp3) is 0.647. The van der Waals surface area contributed by atoms with Crippen LogP contribution in [0.5, 0.6) is 5.75 Å². The molecule has 0 bridgehead atoms. The van der Waals surface area contributed by atoms with Gasteiger partial charge in [-0.05, 0) is 57.4 Å². The van der Waals surface area contributed by atoms with Crippen molar-refractivity contribution in [2.75, 3.05) is 13.7 Å². The zero-order chi connectivity index (χ0) is 15.2. The Kier molecular flexibility index (Phi) is 6.00. The zero-order valence-corrected chi connectivity index (χ0v) is 13.3. The Bertz CT molecular complexity index is 446. The molecule has 1 fully saturated rings. The van der Waals surface area contributed by atoms with Crippen molar-refractivity contribution in [2.24, 2.45) is 0 Å². The van der Waals surface area contributed by atoms with Crippen LogP contribution in [-0.4, -0.2) is 25.7 Å². The smallest absolute Gasteiger partial charge is 0.165 e. The van der Waals surface area contributed by atoms with Crippen molar-refractivity contribution in [1.82, 2.24) is 10.6 Å². The number of methoxy groups -OCH3 is 1. The topological polar surface area (TPSA) is 33.3 Å². The summed E-state index contributed by atoms with van der Waals surface area (Å²) in [7, 11) is 1.49. The van der Waals surface area contributed by atoms with E-state index in [0.717, 1.165) is 18.5 Å². The van der Waals surface area contributed by atoms with E-state index in [0.29, 0.717) is 17.8 Å². The molecule has 0 spiro atoms. The van der Waals surface area contributed by atoms with Crippen LogP contribution in [0, 0.1) is 5.82 Å². The summed E-state index contributed by atoms with van der Waals surface area (Å²) in [6.07, 6.45) is 4.99. The van der Waals surface area contributed by atoms with Gasteiger partial charge < -0.3 is 15.4 Å². The molecule has 1 aliphatic heterocycles. The molecule has 4 heteroatoms. The molecule has 21 heavy (non-hydrogen) atoms. The van der Waals surface area contributed by atoms with Crippen molar-refractivity contribution in [3.63, 3.8) is 0 Å². The molecule has 2 rings (SSSR count). The lowest BCUT2D eigenvalue weighted by Crippen LogP contribution is -2.40. The minimum absolute atomic E-state index is 0.129. The van der Waals surface area contributed by atoms with Crippen LogP contribution in [0.3, 0.4) is 0 Å². The van der Waals surface area contributed by atoms with Crippen LogP contribution in [0.4, 0.5) is 4.39 Å². The third-order valence-electron chi connectivity index (χ3n) is 4.26. The molecule has 1 saturated heterocycles. The van der Waals surface area contributed by atoms with Gasteiger partial charge in [0.15, 0.2) is 11.6 Å². The molecule has 3 atom stereocenters. The van der Waals surface area contributed by atoms with E-state index in [2.05, 4.69) is 24.5 Å². The Morgan fingerprint density at radius 2 is 2.19 bits per heavy atom. The van der Waals surface area contributed by atoms with Gasteiger partial charge in [0, 0.05) is 18.1 Å². The molecule has 1 aliphatic rings. The van der Waals surface area contributed by atoms with Gasteiger partial charge in [-0.3, -0.25) is 0 Å². The molecule has 3 unspecified atom stereocenters. The lowest BCUT2D eigenvalue weighted by Gasteiger charge is -2.28. The second kappa shape index (κ2) is 7.76. The summed E-state index contributed by atoms with van der Waals surface area (Å²) in [5.74, 6) is -0.00402. The predicted octanol–water partition coefficient (Wildman–Crippen LogP) is 3.41. The molecule has 0 aromatic heterocycles. The van der Waals surface area contributed by atoms with Crippen LogP contribution >= 0.6 is 0 Å². The first-order valence-electron chi connectivity index (χ1n) is 7.93. The summed E-state index contributed by atoms with van der Waals surface area (Å²) in [5, 5.41) is 7.13. The van der Waals surface area contributed by atoms with E-state index in [1.807, 2.05) is 6.07 Å². The molecule has 1 aromatic rings. The molecule has 1 aromatic carbocycles. The maximum Gasteiger partial charge on any atom is 0.165 e. The van der Waals surface area contributed by atoms with Crippen molar-refractivity contribution < 1.29 is 9.13 Å². The molecular weight excluding hydrogens is 267 g/mol. The maximum atomic E-state index is 13.8. The highest BCUT2D eigenvalue weighted by atomic mass is 19.1. The highest BCUT2D eigenvalue weighted by Crippen LogP contribution is 2.22. The van der Waals surface area contributed by atoms with E-state index < -0.39 is 0 Å². The number of ether oxygens (including phenoxy) is 1. The molecule has 0 radical (unpaired) electrons. The molecule has 0 aliphatic carbocycles. The van der Waals surface area contributed by atoms with Gasteiger partial charge in [-0.15, -0.1) is 0 Å². The summed E-state index contributed by atoms with van der Waals surface area (Å²) in [6.45, 7) is 5.41. The Balaban J connectivity index is 1.87. The van der Waals surface area contributed by atoms with Crippen LogP contribution in [0.25, 0.3) is 0 Å². The van der Waals surface area contributed by atoms with Crippen molar-refractivity contribution in [3.8, 4) is 5.75 Å². The Morgan fingerprint density at radius 1 is 1.38 bits per heavy atom. The molecule has 3 nitrogen and oxygen atoms in total. The Labute approximate surface area is 127 Å². The van der Waals surface area contributed by atoms with Crippen molar-refractivity contribution in [3.05, 3.63) is 29.6 Å². The quantitative estimate of drug-likeness (QED) is 0.843. The number of nitrogens with one attached hydrogen (secondary N) is 2. The van der Waals surface area contributed by atoms with E-state index in [1.54, 1.807) is 12.1 Å². The SMILES string of the molecule is COc1ccc(C(C)NC(C)CC2CCCCN2)cc1F. The minimum atomic E-state index is -0.301. The lowest BCUT2D eigenvalue weighted by atomic mass is 9.98. The first-order chi connectivity index (χ1) is 10.1. The van der Waals surface area contributed by atoms with E-state index in [-0.39, 0.29) is 11.9 Å². The number of rotatable bonds is 6. The van der Waals surface area contributed by atoms with Gasteiger partial charge in [0.1, 0.15) is 0 Å². The number of hydrogen-bond donors (Lipinski definition) is 2. The number of hydrogen-bond acceptors (Lipinski definition) is 3. The van der Waals surface area contributed by atoms with Gasteiger partial charge >= 0.3 is 0 Å². The Hall–Kier alpha value is -1.13. The fourth-order valence-electron chi connectivity index (χ4n) is 3.09. The number of halogens is 1. The predicted molar refractivity (Wildman–Crippen MR) is 84.2 cm³/mol. The summed E-state index contributed by atoms with van der Waals surface area (Å²) < 4.78 is 18.7. The largest absolute Gasteiger partial charge is 0.494 e. The monoisotopic (exact) mass is 294 g/mol. The normalized spacial score (nSPS) is 21.8. The second-order valence-corrected chi connectivity index (χ2v) is 6.07. The van der Waals surface area contributed by atoms with Crippen LogP contribution in [0.15, 0.2) is 18.2 Å². The number of piperidine rings is 1. The average molecular weight is 294 g/mol. The first kappa shape index (κ1) is 16.2. The minimum Gasteiger partial charge on any atom is -0.494 e. The highest BCUT2D eigenvalue weighted by molar-refractivity contribution is 5.30. The van der Waals surface area contributed by atoms with Crippen LogP contribution in [-0.2, 0) is 0 Å². The molecule has 0 amide bonds. The first-order valence-corrected chi connectivity index (χ1v) is 7.93. The van der Waals surface area contributed by atoms with E-state index in [1.165, 1.54) is 26.4 Å². The van der Waals surface area contributed by atoms with Gasteiger partial charge in [0.05, 0.1) is 7.11 Å². The maximum absolute atomic E-state index is 13.8. The van der Waals surface area contributed by atoms with Crippen LogP contribution < -0.4 is 15.4 Å². The Morgan fingerprint density at radius 3 is 2.81 bits per heavy atom.